The standard InChI is InChI=1S/C9H12/c1-3-8-5-2-6-9(4-1)7-8/h1,3,8-9H,2,5-7H2. The van der Waals surface area contributed by atoms with Crippen molar-refractivity contribution in [2.75, 3.05) is 0 Å². The smallest absolute Gasteiger partial charge is 0.0115 e. The van der Waals surface area contributed by atoms with Crippen LogP contribution in [0, 0.1) is 18.3 Å². The van der Waals surface area contributed by atoms with E-state index in [4.69, 9.17) is 0 Å². The van der Waals surface area contributed by atoms with Gasteiger partial charge < -0.3 is 0 Å². The van der Waals surface area contributed by atoms with Crippen molar-refractivity contribution in [3.8, 4) is 0 Å². The summed E-state index contributed by atoms with van der Waals surface area (Å²) in [6.07, 6.45) is 13.4. The van der Waals surface area contributed by atoms with Crippen LogP contribution in [0.5, 0.6) is 0 Å². The van der Waals surface area contributed by atoms with Gasteiger partial charge >= 0.3 is 0 Å². The first kappa shape index (κ1) is 5.52. The molecule has 2 radical (unpaired) electrons. The van der Waals surface area contributed by atoms with Crippen molar-refractivity contribution >= 4 is 0 Å². The SMILES string of the molecule is [C]1C=CC2CCCC1C2. The van der Waals surface area contributed by atoms with Gasteiger partial charge in [0.1, 0.15) is 0 Å². The molecule has 9 heavy (non-hydrogen) atoms. The van der Waals surface area contributed by atoms with Crippen molar-refractivity contribution in [1.82, 2.24) is 0 Å². The first-order valence-corrected chi connectivity index (χ1v) is 3.88. The second-order valence-corrected chi connectivity index (χ2v) is 3.15. The highest BCUT2D eigenvalue weighted by molar-refractivity contribution is 5.08. The Labute approximate surface area is 57.0 Å². The Hall–Kier alpha value is -0.260. The second kappa shape index (κ2) is 2.17. The number of hydrogen-bond donors (Lipinski definition) is 0. The highest BCUT2D eigenvalue weighted by Gasteiger charge is 2.22. The summed E-state index contributed by atoms with van der Waals surface area (Å²) in [7, 11) is 0. The minimum absolute atomic E-state index is 0.814. The van der Waals surface area contributed by atoms with E-state index in [-0.39, 0.29) is 0 Å². The molecule has 0 aromatic heterocycles. The fraction of sp³-hybridized carbons (Fsp3) is 0.667. The molecule has 1 fully saturated rings. The Morgan fingerprint density at radius 1 is 1.33 bits per heavy atom. The molecule has 0 aromatic carbocycles. The first-order chi connectivity index (χ1) is 4.45. The number of rotatable bonds is 0. The van der Waals surface area contributed by atoms with Crippen molar-refractivity contribution in [3.05, 3.63) is 18.6 Å². The fourth-order valence-electron chi connectivity index (χ4n) is 1.88. The highest BCUT2D eigenvalue weighted by atomic mass is 14.3. The van der Waals surface area contributed by atoms with Gasteiger partial charge in [0.25, 0.3) is 0 Å². The Morgan fingerprint density at radius 3 is 3.11 bits per heavy atom. The van der Waals surface area contributed by atoms with Crippen LogP contribution in [0.25, 0.3) is 0 Å². The number of allylic oxidation sites excluding steroid dienone is 2. The van der Waals surface area contributed by atoms with Crippen LogP contribution < -0.4 is 0 Å². The predicted molar refractivity (Wildman–Crippen MR) is 37.8 cm³/mol. The molecule has 1 saturated carbocycles. The zero-order valence-electron chi connectivity index (χ0n) is 5.64. The molecular weight excluding hydrogens is 108 g/mol. The first-order valence-electron chi connectivity index (χ1n) is 3.88. The van der Waals surface area contributed by atoms with Gasteiger partial charge in [-0.05, 0) is 31.1 Å². The van der Waals surface area contributed by atoms with E-state index in [9.17, 15) is 0 Å². The molecule has 0 heterocycles. The van der Waals surface area contributed by atoms with Crippen molar-refractivity contribution in [3.63, 3.8) is 0 Å². The van der Waals surface area contributed by atoms with Gasteiger partial charge in [-0.2, -0.15) is 0 Å². The second-order valence-electron chi connectivity index (χ2n) is 3.15. The topological polar surface area (TPSA) is 0 Å². The Kier molecular flexibility index (Phi) is 1.33. The maximum absolute atomic E-state index is 3.37. The van der Waals surface area contributed by atoms with Crippen LogP contribution in [-0.4, -0.2) is 0 Å². The summed E-state index contributed by atoms with van der Waals surface area (Å²) in [5.74, 6) is 1.72. The van der Waals surface area contributed by atoms with Gasteiger partial charge in [-0.1, -0.05) is 18.6 Å². The molecule has 0 nitrogen and oxygen atoms in total. The Morgan fingerprint density at radius 2 is 2.33 bits per heavy atom. The van der Waals surface area contributed by atoms with Crippen LogP contribution >= 0.6 is 0 Å². The van der Waals surface area contributed by atoms with Gasteiger partial charge in [0, 0.05) is 6.42 Å². The van der Waals surface area contributed by atoms with Crippen LogP contribution in [0.15, 0.2) is 12.2 Å². The summed E-state index contributed by atoms with van der Waals surface area (Å²) in [6.45, 7) is 0. The molecule has 0 spiro atoms. The van der Waals surface area contributed by atoms with Gasteiger partial charge in [-0.15, -0.1) is 0 Å². The van der Waals surface area contributed by atoms with Crippen LogP contribution in [0.1, 0.15) is 25.7 Å². The average molecular weight is 120 g/mol. The molecule has 2 bridgehead atoms. The molecule has 0 N–H and O–H groups in total. The molecule has 2 aliphatic carbocycles. The van der Waals surface area contributed by atoms with E-state index in [2.05, 4.69) is 18.6 Å². The molecule has 48 valence electrons. The number of fused-ring (bicyclic) bond motifs is 2. The van der Waals surface area contributed by atoms with E-state index in [1.165, 1.54) is 25.7 Å². The van der Waals surface area contributed by atoms with Crippen molar-refractivity contribution in [2.45, 2.75) is 25.7 Å². The minimum atomic E-state index is 0.814. The molecule has 2 aliphatic rings. The molecule has 0 saturated heterocycles. The van der Waals surface area contributed by atoms with E-state index in [1.54, 1.807) is 0 Å². The molecule has 0 heteroatoms. The van der Waals surface area contributed by atoms with Crippen molar-refractivity contribution < 1.29 is 0 Å². The summed E-state index contributed by atoms with van der Waals surface area (Å²) in [4.78, 5) is 0. The van der Waals surface area contributed by atoms with Gasteiger partial charge in [-0.25, -0.2) is 0 Å². The van der Waals surface area contributed by atoms with Gasteiger partial charge in [0.05, 0.1) is 0 Å². The third kappa shape index (κ3) is 1.03. The lowest BCUT2D eigenvalue weighted by molar-refractivity contribution is 0.329. The van der Waals surface area contributed by atoms with Gasteiger partial charge in [-0.3, -0.25) is 0 Å². The zero-order valence-corrected chi connectivity index (χ0v) is 5.64. The Bertz CT molecular complexity index is 124. The van der Waals surface area contributed by atoms with E-state index in [1.807, 2.05) is 0 Å². The summed E-state index contributed by atoms with van der Waals surface area (Å²) in [6, 6.07) is 0. The van der Waals surface area contributed by atoms with Crippen LogP contribution in [0.4, 0.5) is 0 Å². The van der Waals surface area contributed by atoms with Crippen LogP contribution in [0.2, 0.25) is 0 Å². The van der Waals surface area contributed by atoms with Crippen molar-refractivity contribution in [2.24, 2.45) is 11.8 Å². The summed E-state index contributed by atoms with van der Waals surface area (Å²) < 4.78 is 0. The lowest BCUT2D eigenvalue weighted by atomic mass is 9.76. The summed E-state index contributed by atoms with van der Waals surface area (Å²) >= 11 is 0. The van der Waals surface area contributed by atoms with E-state index < -0.39 is 0 Å². The monoisotopic (exact) mass is 120 g/mol. The van der Waals surface area contributed by atoms with E-state index in [0.717, 1.165) is 11.8 Å². The zero-order chi connectivity index (χ0) is 6.10. The highest BCUT2D eigenvalue weighted by Crippen LogP contribution is 2.34. The largest absolute Gasteiger partial charge is 0.0848 e. The molecule has 0 aromatic rings. The summed E-state index contributed by atoms with van der Waals surface area (Å²) in [5.41, 5.74) is 0. The molecule has 2 unspecified atom stereocenters. The summed E-state index contributed by atoms with van der Waals surface area (Å²) in [5, 5.41) is 0. The Balaban J connectivity index is 2.09. The maximum Gasteiger partial charge on any atom is 0.0115 e. The van der Waals surface area contributed by atoms with Gasteiger partial charge in [0.15, 0.2) is 0 Å². The number of hydrogen-bond acceptors (Lipinski definition) is 0. The van der Waals surface area contributed by atoms with Gasteiger partial charge in [0.2, 0.25) is 0 Å². The van der Waals surface area contributed by atoms with E-state index in [0.29, 0.717) is 0 Å². The van der Waals surface area contributed by atoms with Crippen LogP contribution in [-0.2, 0) is 0 Å². The quantitative estimate of drug-likeness (QED) is 0.460. The maximum atomic E-state index is 3.37. The molecule has 0 amide bonds. The van der Waals surface area contributed by atoms with E-state index >= 15 is 0 Å². The normalized spacial score (nSPS) is 40.9. The molecular formula is C9H12. The molecule has 0 aliphatic heterocycles. The average Bonchev–Trinajstić information content (AvgIpc) is 1.88. The molecule has 2 rings (SSSR count). The lowest BCUT2D eigenvalue weighted by Gasteiger charge is -2.29. The third-order valence-electron chi connectivity index (χ3n) is 2.42. The fourth-order valence-corrected chi connectivity index (χ4v) is 1.88. The predicted octanol–water partition coefficient (Wildman–Crippen LogP) is 2.44. The minimum Gasteiger partial charge on any atom is -0.0848 e. The van der Waals surface area contributed by atoms with Crippen LogP contribution in [0.3, 0.4) is 0 Å². The lowest BCUT2D eigenvalue weighted by Crippen LogP contribution is -2.16. The molecule has 2 atom stereocenters. The van der Waals surface area contributed by atoms with Crippen molar-refractivity contribution in [1.29, 1.82) is 0 Å². The third-order valence-corrected chi connectivity index (χ3v) is 2.42.